The Kier molecular flexibility index (Phi) is 7.96. The van der Waals surface area contributed by atoms with Crippen LogP contribution in [0.5, 0.6) is 5.75 Å². The van der Waals surface area contributed by atoms with Crippen molar-refractivity contribution in [2.45, 2.75) is 39.5 Å². The lowest BCUT2D eigenvalue weighted by Crippen LogP contribution is -2.42. The lowest BCUT2D eigenvalue weighted by atomic mass is 9.87. The number of carbonyl (C=O) groups is 2. The van der Waals surface area contributed by atoms with Gasteiger partial charge in [-0.1, -0.05) is 44.2 Å². The molecule has 206 valence electrons. The molecule has 1 aliphatic heterocycles. The number of amides is 2. The minimum Gasteiger partial charge on any atom is -0.486 e. The van der Waals surface area contributed by atoms with Gasteiger partial charge in [0, 0.05) is 19.0 Å². The van der Waals surface area contributed by atoms with E-state index < -0.39 is 11.9 Å². The smallest absolute Gasteiger partial charge is 0.287 e. The molecule has 1 aromatic heterocycles. The molecule has 0 saturated carbocycles. The number of ether oxygens (including phenoxy) is 1. The van der Waals surface area contributed by atoms with Crippen LogP contribution in [-0.2, 0) is 24.4 Å². The first-order valence-corrected chi connectivity index (χ1v) is 13.2. The highest BCUT2D eigenvalue weighted by Gasteiger charge is 2.33. The topological polar surface area (TPSA) is 71.8 Å². The molecule has 8 heteroatoms. The molecule has 0 bridgehead atoms. The summed E-state index contributed by atoms with van der Waals surface area (Å²) in [6.45, 7) is 4.51. The van der Waals surface area contributed by atoms with E-state index in [2.05, 4.69) is 5.32 Å². The van der Waals surface area contributed by atoms with Crippen LogP contribution in [0, 0.1) is 17.6 Å². The molecule has 3 aromatic carbocycles. The van der Waals surface area contributed by atoms with E-state index in [4.69, 9.17) is 9.15 Å². The molecule has 2 amide bonds. The van der Waals surface area contributed by atoms with Gasteiger partial charge >= 0.3 is 0 Å². The van der Waals surface area contributed by atoms with Crippen molar-refractivity contribution in [2.75, 3.05) is 6.54 Å². The summed E-state index contributed by atoms with van der Waals surface area (Å²) in [4.78, 5) is 27.4. The number of halogens is 2. The van der Waals surface area contributed by atoms with Gasteiger partial charge in [0.1, 0.15) is 29.8 Å². The van der Waals surface area contributed by atoms with Crippen molar-refractivity contribution in [1.82, 2.24) is 10.2 Å². The van der Waals surface area contributed by atoms with E-state index in [1.165, 1.54) is 24.3 Å². The van der Waals surface area contributed by atoms with Gasteiger partial charge in [-0.05, 0) is 77.2 Å². The van der Waals surface area contributed by atoms with Crippen molar-refractivity contribution in [3.8, 4) is 5.75 Å². The third kappa shape index (κ3) is 6.06. The molecular formula is C32H30F2N2O4. The van der Waals surface area contributed by atoms with Gasteiger partial charge in [-0.3, -0.25) is 9.59 Å². The second-order valence-electron chi connectivity index (χ2n) is 10.1. The Hall–Kier alpha value is -4.46. The molecule has 40 heavy (non-hydrogen) atoms. The van der Waals surface area contributed by atoms with E-state index in [1.807, 2.05) is 43.0 Å². The first-order valence-electron chi connectivity index (χ1n) is 13.2. The SMILES string of the molecule is CC(C)C(=O)N1CCc2ccc(OCc3ccc(C(=O)NCc4cccc(F)c4)o3)cc2[C@H]1c1cccc(F)c1. The fourth-order valence-electron chi connectivity index (χ4n) is 4.94. The Bertz CT molecular complexity index is 1530. The molecule has 5 rings (SSSR count). The van der Waals surface area contributed by atoms with Crippen molar-refractivity contribution in [2.24, 2.45) is 5.92 Å². The van der Waals surface area contributed by atoms with E-state index in [-0.39, 0.29) is 42.4 Å². The summed E-state index contributed by atoms with van der Waals surface area (Å²) >= 11 is 0. The molecule has 1 N–H and O–H groups in total. The quantitative estimate of drug-likeness (QED) is 0.287. The number of nitrogens with one attached hydrogen (secondary N) is 1. The standard InChI is InChI=1S/C32H30F2N2O4/c1-20(2)32(38)36-14-13-22-9-10-26(17-28(22)30(36)23-6-4-8-25(34)16-23)39-19-27-11-12-29(40-27)31(37)35-18-21-5-3-7-24(33)15-21/h3-12,15-17,20,30H,13-14,18-19H2,1-2H3,(H,35,37)/t30-/m1/s1. The minimum absolute atomic E-state index is 0.00465. The zero-order valence-electron chi connectivity index (χ0n) is 22.3. The van der Waals surface area contributed by atoms with E-state index in [9.17, 15) is 18.4 Å². The number of hydrogen-bond acceptors (Lipinski definition) is 4. The molecule has 0 spiro atoms. The number of furan rings is 1. The van der Waals surface area contributed by atoms with Crippen LogP contribution in [0.4, 0.5) is 8.78 Å². The van der Waals surface area contributed by atoms with Crippen LogP contribution < -0.4 is 10.1 Å². The van der Waals surface area contributed by atoms with Crippen molar-refractivity contribution in [3.05, 3.63) is 124 Å². The average molecular weight is 545 g/mol. The molecule has 0 aliphatic carbocycles. The Morgan fingerprint density at radius 1 is 1.00 bits per heavy atom. The number of benzene rings is 3. The highest BCUT2D eigenvalue weighted by molar-refractivity contribution is 5.91. The highest BCUT2D eigenvalue weighted by Crippen LogP contribution is 2.38. The van der Waals surface area contributed by atoms with Crippen LogP contribution in [0.3, 0.4) is 0 Å². The molecule has 0 fully saturated rings. The predicted molar refractivity (Wildman–Crippen MR) is 146 cm³/mol. The monoisotopic (exact) mass is 544 g/mol. The summed E-state index contributed by atoms with van der Waals surface area (Å²) in [5, 5.41) is 2.71. The first-order chi connectivity index (χ1) is 19.3. The third-order valence-corrected chi connectivity index (χ3v) is 6.90. The highest BCUT2D eigenvalue weighted by atomic mass is 19.1. The second kappa shape index (κ2) is 11.7. The maximum absolute atomic E-state index is 14.2. The lowest BCUT2D eigenvalue weighted by molar-refractivity contribution is -0.136. The summed E-state index contributed by atoms with van der Waals surface area (Å²) in [6, 6.07) is 20.9. The molecule has 1 aliphatic rings. The van der Waals surface area contributed by atoms with Crippen LogP contribution in [0.15, 0.2) is 83.3 Å². The largest absolute Gasteiger partial charge is 0.486 e. The normalized spacial score (nSPS) is 14.6. The lowest BCUT2D eigenvalue weighted by Gasteiger charge is -2.39. The fraction of sp³-hybridized carbons (Fsp3) is 0.250. The first kappa shape index (κ1) is 27.1. The summed E-state index contributed by atoms with van der Waals surface area (Å²) in [6.07, 6.45) is 0.687. The maximum atomic E-state index is 14.2. The number of nitrogens with zero attached hydrogens (tertiary/aromatic N) is 1. The Balaban J connectivity index is 1.30. The van der Waals surface area contributed by atoms with E-state index in [1.54, 1.807) is 30.3 Å². The van der Waals surface area contributed by atoms with Crippen molar-refractivity contribution >= 4 is 11.8 Å². The van der Waals surface area contributed by atoms with Gasteiger partial charge in [0.25, 0.3) is 5.91 Å². The predicted octanol–water partition coefficient (Wildman–Crippen LogP) is 6.20. The molecule has 0 unspecified atom stereocenters. The summed E-state index contributed by atoms with van der Waals surface area (Å²) < 4.78 is 39.2. The maximum Gasteiger partial charge on any atom is 0.287 e. The molecule has 0 saturated heterocycles. The van der Waals surface area contributed by atoms with Crippen molar-refractivity contribution in [1.29, 1.82) is 0 Å². The Morgan fingerprint density at radius 2 is 1.77 bits per heavy atom. The zero-order chi connectivity index (χ0) is 28.2. The molecule has 6 nitrogen and oxygen atoms in total. The molecule has 4 aromatic rings. The van der Waals surface area contributed by atoms with Gasteiger partial charge in [-0.15, -0.1) is 0 Å². The number of carbonyl (C=O) groups excluding carboxylic acids is 2. The van der Waals surface area contributed by atoms with Gasteiger partial charge in [-0.25, -0.2) is 8.78 Å². The fourth-order valence-corrected chi connectivity index (χ4v) is 4.94. The van der Waals surface area contributed by atoms with Gasteiger partial charge < -0.3 is 19.4 Å². The average Bonchev–Trinajstić information content (AvgIpc) is 3.43. The van der Waals surface area contributed by atoms with Gasteiger partial charge in [0.2, 0.25) is 5.91 Å². The number of hydrogen-bond donors (Lipinski definition) is 1. The summed E-state index contributed by atoms with van der Waals surface area (Å²) in [7, 11) is 0. The van der Waals surface area contributed by atoms with E-state index in [0.717, 1.165) is 11.1 Å². The number of fused-ring (bicyclic) bond motifs is 1. The molecule has 2 heterocycles. The van der Waals surface area contributed by atoms with Crippen molar-refractivity contribution in [3.63, 3.8) is 0 Å². The number of rotatable bonds is 8. The van der Waals surface area contributed by atoms with E-state index in [0.29, 0.717) is 35.6 Å². The minimum atomic E-state index is -0.435. The third-order valence-electron chi connectivity index (χ3n) is 6.90. The molecule has 1 atom stereocenters. The van der Waals surface area contributed by atoms with Crippen LogP contribution in [-0.4, -0.2) is 23.3 Å². The van der Waals surface area contributed by atoms with Crippen LogP contribution in [0.2, 0.25) is 0 Å². The van der Waals surface area contributed by atoms with E-state index >= 15 is 0 Å². The van der Waals surface area contributed by atoms with Crippen LogP contribution in [0.1, 0.15) is 58.5 Å². The van der Waals surface area contributed by atoms with Crippen molar-refractivity contribution < 1.29 is 27.5 Å². The Morgan fingerprint density at radius 3 is 2.52 bits per heavy atom. The van der Waals surface area contributed by atoms with Gasteiger partial charge in [0.15, 0.2) is 5.76 Å². The summed E-state index contributed by atoms with van der Waals surface area (Å²) in [5.74, 6) is -0.206. The van der Waals surface area contributed by atoms with Crippen LogP contribution in [0.25, 0.3) is 0 Å². The van der Waals surface area contributed by atoms with Crippen LogP contribution >= 0.6 is 0 Å². The second-order valence-corrected chi connectivity index (χ2v) is 10.1. The Labute approximate surface area is 231 Å². The van der Waals surface area contributed by atoms with Gasteiger partial charge in [0.05, 0.1) is 6.04 Å². The summed E-state index contributed by atoms with van der Waals surface area (Å²) in [5.41, 5.74) is 3.30. The van der Waals surface area contributed by atoms with Gasteiger partial charge in [-0.2, -0.15) is 0 Å². The zero-order valence-corrected chi connectivity index (χ0v) is 22.3. The molecule has 0 radical (unpaired) electrons. The molecular weight excluding hydrogens is 514 g/mol.